The minimum absolute atomic E-state index is 0.0430. The minimum Gasteiger partial charge on any atom is -0.482 e. The molecule has 0 saturated carbocycles. The fourth-order valence-corrected chi connectivity index (χ4v) is 4.04. The molecule has 1 aliphatic heterocycles. The standard InChI is InChI=1S/C16H23ClN2O5S/c1-12(2)10-18-16(20)11-24-14-4-3-13(17)9-15(14)25(21,22)19-5-7-23-8-6-19/h3-4,9,12H,5-8,10-11H2,1-2H3,(H,18,20). The Morgan fingerprint density at radius 2 is 2.04 bits per heavy atom. The van der Waals surface area contributed by atoms with Crippen molar-refractivity contribution in [3.63, 3.8) is 0 Å². The molecule has 1 saturated heterocycles. The zero-order valence-electron chi connectivity index (χ0n) is 14.3. The minimum atomic E-state index is -3.78. The number of carbonyl (C=O) groups is 1. The molecule has 1 amide bonds. The van der Waals surface area contributed by atoms with E-state index in [2.05, 4.69) is 5.32 Å². The first-order chi connectivity index (χ1) is 11.8. The van der Waals surface area contributed by atoms with Gasteiger partial charge in [0.05, 0.1) is 13.2 Å². The van der Waals surface area contributed by atoms with Gasteiger partial charge in [-0.2, -0.15) is 4.31 Å². The highest BCUT2D eigenvalue weighted by Crippen LogP contribution is 2.30. The van der Waals surface area contributed by atoms with E-state index in [1.807, 2.05) is 13.8 Å². The summed E-state index contributed by atoms with van der Waals surface area (Å²) in [5, 5.41) is 3.00. The van der Waals surface area contributed by atoms with Gasteiger partial charge in [0.1, 0.15) is 10.6 Å². The summed E-state index contributed by atoms with van der Waals surface area (Å²) in [5.74, 6) is 0.116. The fraction of sp³-hybridized carbons (Fsp3) is 0.562. The summed E-state index contributed by atoms with van der Waals surface area (Å²) in [4.78, 5) is 11.8. The Hall–Kier alpha value is -1.35. The molecule has 1 aromatic carbocycles. The van der Waals surface area contributed by atoms with Crippen LogP contribution in [-0.4, -0.2) is 58.1 Å². The number of nitrogens with zero attached hydrogens (tertiary/aromatic N) is 1. The van der Waals surface area contributed by atoms with Crippen LogP contribution in [0.25, 0.3) is 0 Å². The van der Waals surface area contributed by atoms with Crippen molar-refractivity contribution < 1.29 is 22.7 Å². The Labute approximate surface area is 153 Å². The molecular formula is C16H23ClN2O5S. The number of carbonyl (C=O) groups excluding carboxylic acids is 1. The van der Waals surface area contributed by atoms with Gasteiger partial charge in [-0.15, -0.1) is 0 Å². The summed E-state index contributed by atoms with van der Waals surface area (Å²) < 4.78 is 37.7. The predicted octanol–water partition coefficient (Wildman–Crippen LogP) is 1.51. The number of hydrogen-bond acceptors (Lipinski definition) is 5. The number of ether oxygens (including phenoxy) is 2. The molecule has 0 spiro atoms. The molecule has 0 aliphatic carbocycles. The predicted molar refractivity (Wildman–Crippen MR) is 94.4 cm³/mol. The molecule has 0 atom stereocenters. The first-order valence-corrected chi connectivity index (χ1v) is 9.89. The zero-order valence-corrected chi connectivity index (χ0v) is 15.9. The monoisotopic (exact) mass is 390 g/mol. The van der Waals surface area contributed by atoms with Gasteiger partial charge in [-0.25, -0.2) is 8.42 Å². The van der Waals surface area contributed by atoms with Gasteiger partial charge in [0, 0.05) is 24.7 Å². The lowest BCUT2D eigenvalue weighted by atomic mass is 10.2. The average molecular weight is 391 g/mol. The summed E-state index contributed by atoms with van der Waals surface area (Å²) >= 11 is 5.97. The van der Waals surface area contributed by atoms with Gasteiger partial charge in [-0.1, -0.05) is 25.4 Å². The van der Waals surface area contributed by atoms with Crippen molar-refractivity contribution in [3.05, 3.63) is 23.2 Å². The lowest BCUT2D eigenvalue weighted by Gasteiger charge is -2.26. The summed E-state index contributed by atoms with van der Waals surface area (Å²) in [6.07, 6.45) is 0. The number of benzene rings is 1. The number of sulfonamides is 1. The van der Waals surface area contributed by atoms with Crippen molar-refractivity contribution in [1.82, 2.24) is 9.62 Å². The molecule has 9 heteroatoms. The van der Waals surface area contributed by atoms with E-state index in [4.69, 9.17) is 21.1 Å². The third-order valence-electron chi connectivity index (χ3n) is 3.56. The number of hydrogen-bond donors (Lipinski definition) is 1. The summed E-state index contributed by atoms with van der Waals surface area (Å²) in [6, 6.07) is 4.33. The molecule has 0 unspecified atom stereocenters. The second-order valence-electron chi connectivity index (χ2n) is 6.09. The molecule has 2 rings (SSSR count). The number of rotatable bonds is 7. The van der Waals surface area contributed by atoms with Crippen molar-refractivity contribution >= 4 is 27.5 Å². The molecule has 1 heterocycles. The van der Waals surface area contributed by atoms with Gasteiger partial charge in [0.2, 0.25) is 10.0 Å². The molecule has 1 aromatic rings. The lowest BCUT2D eigenvalue weighted by Crippen LogP contribution is -2.40. The molecule has 140 valence electrons. The van der Waals surface area contributed by atoms with Crippen LogP contribution in [0.1, 0.15) is 13.8 Å². The van der Waals surface area contributed by atoms with Crippen LogP contribution in [0.15, 0.2) is 23.1 Å². The molecule has 7 nitrogen and oxygen atoms in total. The fourth-order valence-electron chi connectivity index (χ4n) is 2.24. The van der Waals surface area contributed by atoms with Crippen LogP contribution in [-0.2, 0) is 19.6 Å². The van der Waals surface area contributed by atoms with E-state index in [1.165, 1.54) is 22.5 Å². The normalized spacial score (nSPS) is 16.0. The molecule has 1 fully saturated rings. The largest absolute Gasteiger partial charge is 0.482 e. The molecule has 0 bridgehead atoms. The summed E-state index contributed by atoms with van der Waals surface area (Å²) in [6.45, 7) is 5.44. The van der Waals surface area contributed by atoms with E-state index in [0.29, 0.717) is 25.7 Å². The number of amides is 1. The Bertz CT molecular complexity index is 702. The van der Waals surface area contributed by atoms with Crippen molar-refractivity contribution in [2.75, 3.05) is 39.5 Å². The van der Waals surface area contributed by atoms with Crippen LogP contribution >= 0.6 is 11.6 Å². The quantitative estimate of drug-likeness (QED) is 0.762. The summed E-state index contributed by atoms with van der Waals surface area (Å²) in [5.41, 5.74) is 0. The Balaban J connectivity index is 2.15. The smallest absolute Gasteiger partial charge is 0.257 e. The Morgan fingerprint density at radius 1 is 1.36 bits per heavy atom. The van der Waals surface area contributed by atoms with E-state index in [0.717, 1.165) is 0 Å². The van der Waals surface area contributed by atoms with E-state index < -0.39 is 10.0 Å². The van der Waals surface area contributed by atoms with E-state index in [1.54, 1.807) is 0 Å². The van der Waals surface area contributed by atoms with Crippen LogP contribution in [0.2, 0.25) is 5.02 Å². The number of morpholine rings is 1. The second kappa shape index (κ2) is 8.84. The number of halogens is 1. The maximum Gasteiger partial charge on any atom is 0.257 e. The zero-order chi connectivity index (χ0) is 18.4. The third-order valence-corrected chi connectivity index (χ3v) is 5.71. The van der Waals surface area contributed by atoms with Gasteiger partial charge in [0.15, 0.2) is 6.61 Å². The highest BCUT2D eigenvalue weighted by atomic mass is 35.5. The van der Waals surface area contributed by atoms with Gasteiger partial charge >= 0.3 is 0 Å². The molecule has 25 heavy (non-hydrogen) atoms. The molecule has 0 aromatic heterocycles. The third kappa shape index (κ3) is 5.57. The Kier molecular flexibility index (Phi) is 7.06. The average Bonchev–Trinajstić information content (AvgIpc) is 2.59. The SMILES string of the molecule is CC(C)CNC(=O)COc1ccc(Cl)cc1S(=O)(=O)N1CCOCC1. The first kappa shape index (κ1) is 20.0. The molecule has 0 radical (unpaired) electrons. The van der Waals surface area contributed by atoms with Crippen molar-refractivity contribution in [2.24, 2.45) is 5.92 Å². The highest BCUT2D eigenvalue weighted by Gasteiger charge is 2.29. The van der Waals surface area contributed by atoms with Crippen molar-refractivity contribution in [2.45, 2.75) is 18.7 Å². The van der Waals surface area contributed by atoms with Crippen molar-refractivity contribution in [3.8, 4) is 5.75 Å². The lowest BCUT2D eigenvalue weighted by molar-refractivity contribution is -0.123. The topological polar surface area (TPSA) is 84.9 Å². The van der Waals surface area contributed by atoms with Crippen LogP contribution in [0.5, 0.6) is 5.75 Å². The van der Waals surface area contributed by atoms with Crippen LogP contribution in [0, 0.1) is 5.92 Å². The number of nitrogens with one attached hydrogen (secondary N) is 1. The van der Waals surface area contributed by atoms with Gasteiger partial charge < -0.3 is 14.8 Å². The molecular weight excluding hydrogens is 368 g/mol. The second-order valence-corrected chi connectivity index (χ2v) is 8.44. The van der Waals surface area contributed by atoms with Gasteiger partial charge in [0.25, 0.3) is 5.91 Å². The van der Waals surface area contributed by atoms with E-state index >= 15 is 0 Å². The molecule has 1 N–H and O–H groups in total. The maximum atomic E-state index is 12.9. The van der Waals surface area contributed by atoms with E-state index in [-0.39, 0.29) is 41.3 Å². The van der Waals surface area contributed by atoms with Gasteiger partial charge in [-0.05, 0) is 24.1 Å². The summed E-state index contributed by atoms with van der Waals surface area (Å²) in [7, 11) is -3.78. The van der Waals surface area contributed by atoms with Crippen molar-refractivity contribution in [1.29, 1.82) is 0 Å². The molecule has 1 aliphatic rings. The van der Waals surface area contributed by atoms with Crippen LogP contribution in [0.4, 0.5) is 0 Å². The first-order valence-electron chi connectivity index (χ1n) is 8.07. The van der Waals surface area contributed by atoms with Crippen LogP contribution in [0.3, 0.4) is 0 Å². The highest BCUT2D eigenvalue weighted by molar-refractivity contribution is 7.89. The maximum absolute atomic E-state index is 12.9. The van der Waals surface area contributed by atoms with E-state index in [9.17, 15) is 13.2 Å². The Morgan fingerprint density at radius 3 is 2.68 bits per heavy atom. The van der Waals surface area contributed by atoms with Crippen LogP contribution < -0.4 is 10.1 Å². The van der Waals surface area contributed by atoms with Gasteiger partial charge in [-0.3, -0.25) is 4.79 Å².